The lowest BCUT2D eigenvalue weighted by molar-refractivity contribution is -0.266. The molecule has 0 saturated heterocycles. The Bertz CT molecular complexity index is 771. The van der Waals surface area contributed by atoms with E-state index in [1.54, 1.807) is 0 Å². The molecule has 0 atom stereocenters. The van der Waals surface area contributed by atoms with E-state index in [4.69, 9.17) is 5.11 Å². The molecule has 0 radical (unpaired) electrons. The Morgan fingerprint density at radius 3 is 1.60 bits per heavy atom. The number of hydrogen-bond acceptors (Lipinski definition) is 2. The predicted octanol–water partition coefficient (Wildman–Crippen LogP) is 2.45. The van der Waals surface area contributed by atoms with E-state index >= 15 is 0 Å². The number of fused-ring (bicyclic) bond motifs is 1. The smallest absolute Gasteiger partial charge is 0.338 e. The fourth-order valence-electron chi connectivity index (χ4n) is 1.69. The maximum absolute atomic E-state index is 13.5. The second-order valence-electron chi connectivity index (χ2n) is 3.64. The molecule has 1 N–H and O–H groups in total. The van der Waals surface area contributed by atoms with Gasteiger partial charge in [-0.1, -0.05) is 5.75 Å². The summed E-state index contributed by atoms with van der Waals surface area (Å²) in [5.41, 5.74) is -1.83. The number of carboxylic acids is 1. The average Bonchev–Trinajstić information content (AvgIpc) is 2.37. The second kappa shape index (κ2) is 4.29. The van der Waals surface area contributed by atoms with Crippen LogP contribution in [0.3, 0.4) is 0 Å². The molecule has 0 bridgehead atoms. The molecule has 0 aliphatic heterocycles. The van der Waals surface area contributed by atoms with Crippen molar-refractivity contribution in [2.75, 3.05) is 0 Å². The van der Waals surface area contributed by atoms with Gasteiger partial charge in [0.05, 0.1) is 10.9 Å². The van der Waals surface area contributed by atoms with E-state index in [2.05, 4.69) is 0 Å². The highest BCUT2D eigenvalue weighted by molar-refractivity contribution is 6.01. The summed E-state index contributed by atoms with van der Waals surface area (Å²) in [6, 6.07) is 0. The quantitative estimate of drug-likeness (QED) is 0.499. The van der Waals surface area contributed by atoms with Crippen molar-refractivity contribution in [1.29, 1.82) is 0 Å². The molecule has 0 aliphatic carbocycles. The Balaban J connectivity index is 3.21. The molecule has 3 nitrogen and oxygen atoms in total. The van der Waals surface area contributed by atoms with E-state index in [1.165, 1.54) is 0 Å². The van der Waals surface area contributed by atoms with Crippen LogP contribution in [0, 0.1) is 34.9 Å². The molecule has 20 heavy (non-hydrogen) atoms. The Kier molecular flexibility index (Phi) is 2.99. The number of halogens is 6. The number of rotatable bonds is 1. The first-order valence-corrected chi connectivity index (χ1v) is 4.77. The number of benzene rings is 2. The average molecular weight is 295 g/mol. The van der Waals surface area contributed by atoms with Crippen LogP contribution in [0.25, 0.3) is 10.8 Å². The van der Waals surface area contributed by atoms with Gasteiger partial charge in [-0.3, -0.25) is 0 Å². The molecule has 0 saturated carbocycles. The summed E-state index contributed by atoms with van der Waals surface area (Å²) in [5, 5.41) is 16.5. The Labute approximate surface area is 105 Å². The van der Waals surface area contributed by atoms with Gasteiger partial charge >= 0.3 is 5.97 Å². The molecular weight excluding hydrogens is 294 g/mol. The van der Waals surface area contributed by atoms with E-state index in [0.717, 1.165) is 0 Å². The predicted molar refractivity (Wildman–Crippen MR) is 50.1 cm³/mol. The van der Waals surface area contributed by atoms with E-state index < -0.39 is 63.0 Å². The van der Waals surface area contributed by atoms with Gasteiger partial charge < -0.3 is 10.2 Å². The van der Waals surface area contributed by atoms with Gasteiger partial charge in [0.2, 0.25) is 0 Å². The molecular formula is C11HF6O3-. The van der Waals surface area contributed by atoms with Gasteiger partial charge in [0, 0.05) is 5.39 Å². The Morgan fingerprint density at radius 2 is 1.15 bits per heavy atom. The maximum Gasteiger partial charge on any atom is 0.338 e. The molecule has 2 aromatic carbocycles. The topological polar surface area (TPSA) is 60.4 Å². The molecule has 0 aromatic heterocycles. The molecule has 0 heterocycles. The SMILES string of the molecule is O=C(O)c1c(F)c(F)c2c(F)c(F)c(F)c(F)c2c1[O-]. The molecule has 2 aromatic rings. The van der Waals surface area contributed by atoms with Gasteiger partial charge in [0.25, 0.3) is 0 Å². The van der Waals surface area contributed by atoms with Crippen LogP contribution in [0.2, 0.25) is 0 Å². The van der Waals surface area contributed by atoms with Gasteiger partial charge in [0.1, 0.15) is 0 Å². The zero-order valence-corrected chi connectivity index (χ0v) is 9.03. The fraction of sp³-hybridized carbons (Fsp3) is 0. The van der Waals surface area contributed by atoms with Crippen molar-refractivity contribution >= 4 is 16.7 Å². The summed E-state index contributed by atoms with van der Waals surface area (Å²) in [4.78, 5) is 10.6. The molecule has 106 valence electrons. The van der Waals surface area contributed by atoms with Gasteiger partial charge in [0.15, 0.2) is 34.9 Å². The lowest BCUT2D eigenvalue weighted by Crippen LogP contribution is -2.13. The van der Waals surface area contributed by atoms with E-state index in [1.807, 2.05) is 0 Å². The van der Waals surface area contributed by atoms with Crippen LogP contribution in [-0.4, -0.2) is 11.1 Å². The monoisotopic (exact) mass is 295 g/mol. The van der Waals surface area contributed by atoms with Gasteiger partial charge in [-0.25, -0.2) is 31.1 Å². The van der Waals surface area contributed by atoms with Crippen molar-refractivity contribution in [3.05, 3.63) is 40.5 Å². The highest BCUT2D eigenvalue weighted by Crippen LogP contribution is 2.37. The third kappa shape index (κ3) is 1.59. The van der Waals surface area contributed by atoms with E-state index in [0.29, 0.717) is 0 Å². The van der Waals surface area contributed by atoms with E-state index in [-0.39, 0.29) is 0 Å². The summed E-state index contributed by atoms with van der Waals surface area (Å²) in [6.45, 7) is 0. The molecule has 0 amide bonds. The Morgan fingerprint density at radius 1 is 0.750 bits per heavy atom. The first-order chi connectivity index (χ1) is 9.20. The largest absolute Gasteiger partial charge is 0.871 e. The van der Waals surface area contributed by atoms with Crippen LogP contribution in [0.1, 0.15) is 10.4 Å². The fourth-order valence-corrected chi connectivity index (χ4v) is 1.69. The summed E-state index contributed by atoms with van der Waals surface area (Å²) in [7, 11) is 0. The van der Waals surface area contributed by atoms with Crippen molar-refractivity contribution in [2.24, 2.45) is 0 Å². The van der Waals surface area contributed by atoms with Crippen LogP contribution in [0.15, 0.2) is 0 Å². The molecule has 0 spiro atoms. The molecule has 9 heteroatoms. The normalized spacial score (nSPS) is 11.1. The molecule has 0 fully saturated rings. The van der Waals surface area contributed by atoms with Gasteiger partial charge in [-0.15, -0.1) is 0 Å². The van der Waals surface area contributed by atoms with Crippen LogP contribution >= 0.6 is 0 Å². The molecule has 0 unspecified atom stereocenters. The summed E-state index contributed by atoms with van der Waals surface area (Å²) in [5.74, 6) is -18.4. The lowest BCUT2D eigenvalue weighted by atomic mass is 10.0. The van der Waals surface area contributed by atoms with Crippen molar-refractivity contribution in [3.8, 4) is 5.75 Å². The number of carbonyl (C=O) groups is 1. The van der Waals surface area contributed by atoms with Crippen molar-refractivity contribution in [3.63, 3.8) is 0 Å². The number of aromatic carboxylic acids is 1. The van der Waals surface area contributed by atoms with Gasteiger partial charge in [-0.2, -0.15) is 0 Å². The number of hydrogen-bond donors (Lipinski definition) is 1. The minimum absolute atomic E-state index is 1.71. The molecule has 2 rings (SSSR count). The Hall–Kier alpha value is -2.45. The van der Waals surface area contributed by atoms with Crippen LogP contribution < -0.4 is 5.11 Å². The second-order valence-corrected chi connectivity index (χ2v) is 3.64. The highest BCUT2D eigenvalue weighted by Gasteiger charge is 2.29. The standard InChI is InChI=1S/C11H2F6O3/c12-4-1-2(6(14)9(17)8(16)5(1)13)10(18)3(7(4)15)11(19)20/h18H,(H,19,20)/p-1. The van der Waals surface area contributed by atoms with Gasteiger partial charge in [-0.05, 0) is 0 Å². The van der Waals surface area contributed by atoms with Crippen molar-refractivity contribution in [2.45, 2.75) is 0 Å². The van der Waals surface area contributed by atoms with E-state index in [9.17, 15) is 36.2 Å². The summed E-state index contributed by atoms with van der Waals surface area (Å²) >= 11 is 0. The minimum atomic E-state index is -2.45. The third-order valence-electron chi connectivity index (χ3n) is 2.57. The first kappa shape index (κ1) is 14.0. The lowest BCUT2D eigenvalue weighted by Gasteiger charge is -2.17. The van der Waals surface area contributed by atoms with Crippen LogP contribution in [-0.2, 0) is 0 Å². The maximum atomic E-state index is 13.5. The minimum Gasteiger partial charge on any atom is -0.871 e. The molecule has 0 aliphatic rings. The summed E-state index contributed by atoms with van der Waals surface area (Å²) < 4.78 is 79.4. The van der Waals surface area contributed by atoms with Crippen LogP contribution in [0.4, 0.5) is 26.3 Å². The first-order valence-electron chi connectivity index (χ1n) is 4.77. The zero-order chi connectivity index (χ0) is 15.4. The highest BCUT2D eigenvalue weighted by atomic mass is 19.2. The number of carboxylic acid groups (broad SMARTS) is 1. The van der Waals surface area contributed by atoms with Crippen molar-refractivity contribution < 1.29 is 41.4 Å². The van der Waals surface area contributed by atoms with Crippen molar-refractivity contribution in [1.82, 2.24) is 0 Å². The van der Waals surface area contributed by atoms with Crippen LogP contribution in [0.5, 0.6) is 5.75 Å². The zero-order valence-electron chi connectivity index (χ0n) is 9.03. The third-order valence-corrected chi connectivity index (χ3v) is 2.57. The summed E-state index contributed by atoms with van der Waals surface area (Å²) in [6.07, 6.45) is 0.